The molecule has 12 heteroatoms. The number of nitrogens with two attached hydrogens (primary N) is 2. The Morgan fingerprint density at radius 2 is 1.89 bits per heavy atom. The standard InChI is InChI=1S/C15H15F3N6O2S/c1-27(25,26)6-5-24-10-4-2-3-8(9(10)7-21-24)12-11(15(16,17)18)13(19)23-14(20)22-12/h2-4,7H,5-6H2,1H3,(H4,19,20,22,23). The van der Waals surface area contributed by atoms with Crippen LogP contribution in [0.5, 0.6) is 0 Å². The van der Waals surface area contributed by atoms with Crippen LogP contribution in [0.2, 0.25) is 0 Å². The highest BCUT2D eigenvalue weighted by molar-refractivity contribution is 7.90. The van der Waals surface area contributed by atoms with Crippen LogP contribution in [0.25, 0.3) is 22.2 Å². The number of hydrogen-bond donors (Lipinski definition) is 2. The van der Waals surface area contributed by atoms with Crippen molar-refractivity contribution in [2.45, 2.75) is 12.7 Å². The van der Waals surface area contributed by atoms with Crippen molar-refractivity contribution in [2.24, 2.45) is 0 Å². The number of anilines is 2. The molecular formula is C15H15F3N6O2S. The minimum absolute atomic E-state index is 0.0615. The highest BCUT2D eigenvalue weighted by atomic mass is 32.2. The maximum absolute atomic E-state index is 13.5. The van der Waals surface area contributed by atoms with Crippen molar-refractivity contribution in [1.82, 2.24) is 19.7 Å². The number of aromatic nitrogens is 4. The molecule has 2 aromatic heterocycles. The van der Waals surface area contributed by atoms with Crippen LogP contribution >= 0.6 is 0 Å². The normalized spacial score (nSPS) is 12.6. The molecule has 0 atom stereocenters. The molecule has 1 aromatic carbocycles. The van der Waals surface area contributed by atoms with Gasteiger partial charge in [-0.25, -0.2) is 13.4 Å². The van der Waals surface area contributed by atoms with Gasteiger partial charge in [0.05, 0.1) is 29.7 Å². The summed E-state index contributed by atoms with van der Waals surface area (Å²) in [6, 6.07) is 4.57. The molecule has 3 rings (SSSR count). The van der Waals surface area contributed by atoms with Gasteiger partial charge in [0, 0.05) is 17.2 Å². The molecule has 0 aliphatic carbocycles. The van der Waals surface area contributed by atoms with E-state index in [4.69, 9.17) is 11.5 Å². The number of hydrogen-bond acceptors (Lipinski definition) is 7. The summed E-state index contributed by atoms with van der Waals surface area (Å²) in [5, 5.41) is 4.44. The molecule has 0 amide bonds. The quantitative estimate of drug-likeness (QED) is 0.682. The molecular weight excluding hydrogens is 385 g/mol. The number of sulfone groups is 1. The van der Waals surface area contributed by atoms with E-state index in [1.165, 1.54) is 23.0 Å². The molecule has 0 bridgehead atoms. The number of halogens is 3. The molecule has 4 N–H and O–H groups in total. The molecule has 0 aliphatic rings. The van der Waals surface area contributed by atoms with Crippen LogP contribution in [0.1, 0.15) is 5.56 Å². The average Bonchev–Trinajstić information content (AvgIpc) is 2.93. The van der Waals surface area contributed by atoms with Gasteiger partial charge in [0.15, 0.2) is 0 Å². The first kappa shape index (κ1) is 18.9. The number of benzene rings is 1. The third-order valence-corrected chi connectivity index (χ3v) is 4.78. The lowest BCUT2D eigenvalue weighted by atomic mass is 10.0. The van der Waals surface area contributed by atoms with Crippen LogP contribution in [-0.2, 0) is 22.6 Å². The Balaban J connectivity index is 2.21. The fraction of sp³-hybridized carbons (Fsp3) is 0.267. The third kappa shape index (κ3) is 3.79. The number of nitrogens with zero attached hydrogens (tertiary/aromatic N) is 4. The smallest absolute Gasteiger partial charge is 0.383 e. The van der Waals surface area contributed by atoms with E-state index in [0.29, 0.717) is 10.9 Å². The SMILES string of the molecule is CS(=O)(=O)CCn1ncc2c(-c3nc(N)nc(N)c3C(F)(F)F)cccc21. The van der Waals surface area contributed by atoms with Gasteiger partial charge in [0.25, 0.3) is 0 Å². The Labute approximate surface area is 151 Å². The molecule has 3 aromatic rings. The largest absolute Gasteiger partial charge is 0.422 e. The van der Waals surface area contributed by atoms with E-state index in [-0.39, 0.29) is 17.9 Å². The molecule has 0 spiro atoms. The number of alkyl halides is 3. The Kier molecular flexibility index (Phi) is 4.46. The van der Waals surface area contributed by atoms with E-state index < -0.39 is 39.0 Å². The second-order valence-corrected chi connectivity index (χ2v) is 8.18. The second kappa shape index (κ2) is 6.37. The van der Waals surface area contributed by atoms with E-state index in [9.17, 15) is 21.6 Å². The average molecular weight is 400 g/mol. The second-order valence-electron chi connectivity index (χ2n) is 5.92. The summed E-state index contributed by atoms with van der Waals surface area (Å²) in [7, 11) is -3.23. The van der Waals surface area contributed by atoms with Gasteiger partial charge in [-0.1, -0.05) is 12.1 Å². The molecule has 2 heterocycles. The summed E-state index contributed by atoms with van der Waals surface area (Å²) in [6.45, 7) is 0.0615. The van der Waals surface area contributed by atoms with Crippen molar-refractivity contribution in [2.75, 3.05) is 23.5 Å². The first-order chi connectivity index (χ1) is 12.5. The zero-order valence-electron chi connectivity index (χ0n) is 14.0. The summed E-state index contributed by atoms with van der Waals surface area (Å²) < 4.78 is 64.6. The summed E-state index contributed by atoms with van der Waals surface area (Å²) in [6.07, 6.45) is -2.35. The van der Waals surface area contributed by atoms with Crippen molar-refractivity contribution in [1.29, 1.82) is 0 Å². The monoisotopic (exact) mass is 400 g/mol. The van der Waals surface area contributed by atoms with Gasteiger partial charge in [-0.3, -0.25) is 4.68 Å². The van der Waals surface area contributed by atoms with Crippen LogP contribution in [0.4, 0.5) is 24.9 Å². The molecule has 0 radical (unpaired) electrons. The van der Waals surface area contributed by atoms with E-state index >= 15 is 0 Å². The number of aryl methyl sites for hydroxylation is 1. The Morgan fingerprint density at radius 1 is 1.19 bits per heavy atom. The topological polar surface area (TPSA) is 130 Å². The summed E-state index contributed by atoms with van der Waals surface area (Å²) >= 11 is 0. The van der Waals surface area contributed by atoms with Crippen LogP contribution in [0, 0.1) is 0 Å². The lowest BCUT2D eigenvalue weighted by molar-refractivity contribution is -0.136. The maximum atomic E-state index is 13.5. The highest BCUT2D eigenvalue weighted by Crippen LogP contribution is 2.41. The summed E-state index contributed by atoms with van der Waals surface area (Å²) in [4.78, 5) is 7.15. The summed E-state index contributed by atoms with van der Waals surface area (Å²) in [5.74, 6) is -1.32. The summed E-state index contributed by atoms with van der Waals surface area (Å²) in [5.41, 5.74) is 9.88. The van der Waals surface area contributed by atoms with Gasteiger partial charge in [0.2, 0.25) is 5.95 Å². The first-order valence-corrected chi connectivity index (χ1v) is 9.66. The Morgan fingerprint density at radius 3 is 2.52 bits per heavy atom. The van der Waals surface area contributed by atoms with Crippen molar-refractivity contribution in [3.05, 3.63) is 30.0 Å². The van der Waals surface area contributed by atoms with Gasteiger partial charge in [-0.2, -0.15) is 23.3 Å². The van der Waals surface area contributed by atoms with Gasteiger partial charge in [-0.15, -0.1) is 0 Å². The fourth-order valence-electron chi connectivity index (χ4n) is 2.71. The minimum Gasteiger partial charge on any atom is -0.383 e. The maximum Gasteiger partial charge on any atom is 0.422 e. The zero-order valence-corrected chi connectivity index (χ0v) is 14.8. The van der Waals surface area contributed by atoms with Crippen LogP contribution in [0.3, 0.4) is 0 Å². The molecule has 0 fully saturated rings. The number of fused-ring (bicyclic) bond motifs is 1. The van der Waals surface area contributed by atoms with Crippen molar-refractivity contribution in [3.8, 4) is 11.3 Å². The molecule has 8 nitrogen and oxygen atoms in total. The first-order valence-electron chi connectivity index (χ1n) is 7.60. The van der Waals surface area contributed by atoms with Crippen LogP contribution < -0.4 is 11.5 Å². The van der Waals surface area contributed by atoms with Crippen LogP contribution in [-0.4, -0.2) is 40.2 Å². The lowest BCUT2D eigenvalue weighted by Gasteiger charge is -2.15. The predicted octanol–water partition coefficient (Wildman–Crippen LogP) is 1.72. The van der Waals surface area contributed by atoms with Gasteiger partial charge in [0.1, 0.15) is 21.2 Å². The van der Waals surface area contributed by atoms with E-state index in [1.807, 2.05) is 0 Å². The molecule has 0 saturated carbocycles. The highest BCUT2D eigenvalue weighted by Gasteiger charge is 2.38. The lowest BCUT2D eigenvalue weighted by Crippen LogP contribution is -2.15. The Bertz CT molecular complexity index is 1120. The predicted molar refractivity (Wildman–Crippen MR) is 94.3 cm³/mol. The molecule has 0 unspecified atom stereocenters. The van der Waals surface area contributed by atoms with Gasteiger partial charge in [-0.05, 0) is 6.07 Å². The van der Waals surface area contributed by atoms with Gasteiger partial charge >= 0.3 is 6.18 Å². The van der Waals surface area contributed by atoms with E-state index in [1.54, 1.807) is 6.07 Å². The molecule has 27 heavy (non-hydrogen) atoms. The van der Waals surface area contributed by atoms with Gasteiger partial charge < -0.3 is 11.5 Å². The van der Waals surface area contributed by atoms with Crippen molar-refractivity contribution in [3.63, 3.8) is 0 Å². The number of nitrogen functional groups attached to an aromatic ring is 2. The molecule has 0 aliphatic heterocycles. The minimum atomic E-state index is -4.79. The van der Waals surface area contributed by atoms with Crippen molar-refractivity contribution >= 4 is 32.5 Å². The molecule has 144 valence electrons. The molecule has 0 saturated heterocycles. The zero-order chi connectivity index (χ0) is 20.0. The fourth-order valence-corrected chi connectivity index (χ4v) is 3.22. The van der Waals surface area contributed by atoms with E-state index in [2.05, 4.69) is 15.1 Å². The van der Waals surface area contributed by atoms with Crippen molar-refractivity contribution < 1.29 is 21.6 Å². The Hall–Kier alpha value is -2.89. The van der Waals surface area contributed by atoms with Crippen LogP contribution in [0.15, 0.2) is 24.4 Å². The number of rotatable bonds is 4. The van der Waals surface area contributed by atoms with E-state index in [0.717, 1.165) is 6.26 Å². The third-order valence-electron chi connectivity index (χ3n) is 3.85.